The standard InChI is InChI=1S/C14H31N3OS.HI/c1-6-15-13(17-12-14(2,3)19-5)16-10-8-7-9-11-18-4;/h6-12H2,1-5H3,(H2,15,16,17);1H. The molecule has 0 aromatic heterocycles. The Balaban J connectivity index is 0. The Hall–Kier alpha value is 0.310. The summed E-state index contributed by atoms with van der Waals surface area (Å²) in [4.78, 5) is 4.64. The Labute approximate surface area is 146 Å². The van der Waals surface area contributed by atoms with Crippen molar-refractivity contribution < 1.29 is 4.74 Å². The van der Waals surface area contributed by atoms with E-state index in [-0.39, 0.29) is 28.7 Å². The number of hydrogen-bond donors (Lipinski definition) is 2. The van der Waals surface area contributed by atoms with Crippen LogP contribution in [0, 0.1) is 0 Å². The third kappa shape index (κ3) is 13.3. The van der Waals surface area contributed by atoms with Crippen LogP contribution in [0.4, 0.5) is 0 Å². The van der Waals surface area contributed by atoms with Crippen LogP contribution in [0.25, 0.3) is 0 Å². The highest BCUT2D eigenvalue weighted by molar-refractivity contribution is 14.0. The zero-order valence-electron chi connectivity index (χ0n) is 13.6. The first-order chi connectivity index (χ1) is 9.05. The lowest BCUT2D eigenvalue weighted by Crippen LogP contribution is -2.38. The van der Waals surface area contributed by atoms with Crippen LogP contribution in [0.15, 0.2) is 4.99 Å². The minimum atomic E-state index is 0. The number of halogens is 1. The van der Waals surface area contributed by atoms with E-state index >= 15 is 0 Å². The van der Waals surface area contributed by atoms with Gasteiger partial charge in [0.25, 0.3) is 0 Å². The largest absolute Gasteiger partial charge is 0.385 e. The average molecular weight is 417 g/mol. The van der Waals surface area contributed by atoms with Crippen molar-refractivity contribution in [3.8, 4) is 0 Å². The van der Waals surface area contributed by atoms with Crippen LogP contribution in [0.1, 0.15) is 40.0 Å². The first-order valence-electron chi connectivity index (χ1n) is 7.12. The van der Waals surface area contributed by atoms with E-state index in [4.69, 9.17) is 4.74 Å². The molecule has 0 saturated heterocycles. The topological polar surface area (TPSA) is 45.7 Å². The van der Waals surface area contributed by atoms with Gasteiger partial charge in [0, 0.05) is 31.6 Å². The van der Waals surface area contributed by atoms with E-state index in [0.717, 1.165) is 45.0 Å². The lowest BCUT2D eigenvalue weighted by molar-refractivity contribution is 0.192. The molecule has 122 valence electrons. The van der Waals surface area contributed by atoms with Gasteiger partial charge in [-0.25, -0.2) is 0 Å². The molecule has 0 spiro atoms. The van der Waals surface area contributed by atoms with Crippen molar-refractivity contribution in [1.29, 1.82) is 0 Å². The molecule has 0 unspecified atom stereocenters. The monoisotopic (exact) mass is 417 g/mol. The zero-order chi connectivity index (χ0) is 14.6. The van der Waals surface area contributed by atoms with E-state index in [9.17, 15) is 0 Å². The van der Waals surface area contributed by atoms with Gasteiger partial charge in [0.15, 0.2) is 5.96 Å². The van der Waals surface area contributed by atoms with Gasteiger partial charge in [0.1, 0.15) is 0 Å². The molecule has 0 fully saturated rings. The number of hydrogen-bond acceptors (Lipinski definition) is 3. The number of guanidine groups is 1. The van der Waals surface area contributed by atoms with Crippen LogP contribution < -0.4 is 10.6 Å². The number of nitrogens with one attached hydrogen (secondary N) is 2. The number of nitrogens with zero attached hydrogens (tertiary/aromatic N) is 1. The van der Waals surface area contributed by atoms with Gasteiger partial charge in [-0.1, -0.05) is 0 Å². The first-order valence-corrected chi connectivity index (χ1v) is 8.34. The van der Waals surface area contributed by atoms with Crippen molar-refractivity contribution in [1.82, 2.24) is 10.6 Å². The van der Waals surface area contributed by atoms with E-state index in [2.05, 4.69) is 42.7 Å². The van der Waals surface area contributed by atoms with Crippen LogP contribution in [0.3, 0.4) is 0 Å². The molecule has 0 bridgehead atoms. The Bertz CT molecular complexity index is 251. The molecule has 0 aromatic carbocycles. The maximum Gasteiger partial charge on any atom is 0.191 e. The fourth-order valence-corrected chi connectivity index (χ4v) is 1.62. The second kappa shape index (κ2) is 14.3. The fraction of sp³-hybridized carbons (Fsp3) is 0.929. The highest BCUT2D eigenvalue weighted by Gasteiger charge is 2.15. The Morgan fingerprint density at radius 1 is 1.20 bits per heavy atom. The van der Waals surface area contributed by atoms with Crippen LogP contribution >= 0.6 is 35.7 Å². The van der Waals surface area contributed by atoms with Gasteiger partial charge in [-0.05, 0) is 46.3 Å². The van der Waals surface area contributed by atoms with Gasteiger partial charge in [0.2, 0.25) is 0 Å². The van der Waals surface area contributed by atoms with Gasteiger partial charge in [-0.2, -0.15) is 11.8 Å². The molecule has 0 heterocycles. The van der Waals surface area contributed by atoms with Crippen LogP contribution in [0.5, 0.6) is 0 Å². The summed E-state index contributed by atoms with van der Waals surface area (Å²) in [5, 5.41) is 6.67. The SMILES string of the molecule is CCNC(=NCC(C)(C)SC)NCCCCCOC.I. The molecule has 0 aromatic rings. The smallest absolute Gasteiger partial charge is 0.191 e. The van der Waals surface area contributed by atoms with Gasteiger partial charge in [-0.15, -0.1) is 24.0 Å². The molecule has 0 aliphatic heterocycles. The summed E-state index contributed by atoms with van der Waals surface area (Å²) in [5.74, 6) is 0.927. The van der Waals surface area contributed by atoms with Gasteiger partial charge in [0.05, 0.1) is 6.54 Å². The molecular formula is C14H32IN3OS. The second-order valence-corrected chi connectivity index (χ2v) is 6.65. The maximum atomic E-state index is 5.04. The predicted octanol–water partition coefficient (Wildman–Crippen LogP) is 3.12. The summed E-state index contributed by atoms with van der Waals surface area (Å²) >= 11 is 1.85. The van der Waals surface area contributed by atoms with Crippen molar-refractivity contribution >= 4 is 41.7 Å². The maximum absolute atomic E-state index is 5.04. The normalized spacial score (nSPS) is 11.9. The van der Waals surface area contributed by atoms with E-state index in [1.807, 2.05) is 11.8 Å². The number of unbranched alkanes of at least 4 members (excludes halogenated alkanes) is 2. The lowest BCUT2D eigenvalue weighted by Gasteiger charge is -2.20. The Morgan fingerprint density at radius 3 is 2.45 bits per heavy atom. The molecule has 0 atom stereocenters. The molecule has 0 aliphatic carbocycles. The molecule has 0 amide bonds. The molecular weight excluding hydrogens is 385 g/mol. The van der Waals surface area contributed by atoms with Gasteiger partial charge in [-0.3, -0.25) is 4.99 Å². The van der Waals surface area contributed by atoms with Crippen molar-refractivity contribution in [3.05, 3.63) is 0 Å². The lowest BCUT2D eigenvalue weighted by atomic mass is 10.2. The highest BCUT2D eigenvalue weighted by Crippen LogP contribution is 2.20. The minimum Gasteiger partial charge on any atom is -0.385 e. The molecule has 0 saturated carbocycles. The third-order valence-corrected chi connectivity index (χ3v) is 4.07. The first kappa shape index (κ1) is 22.6. The minimum absolute atomic E-state index is 0. The zero-order valence-corrected chi connectivity index (χ0v) is 16.8. The van der Waals surface area contributed by atoms with E-state index in [0.29, 0.717) is 0 Å². The number of aliphatic imine (C=N–C) groups is 1. The van der Waals surface area contributed by atoms with Gasteiger partial charge < -0.3 is 15.4 Å². The van der Waals surface area contributed by atoms with E-state index in [1.54, 1.807) is 7.11 Å². The average Bonchev–Trinajstić information content (AvgIpc) is 2.40. The number of thioether (sulfide) groups is 1. The second-order valence-electron chi connectivity index (χ2n) is 5.14. The Morgan fingerprint density at radius 2 is 1.90 bits per heavy atom. The molecule has 0 rings (SSSR count). The number of methoxy groups -OCH3 is 1. The summed E-state index contributed by atoms with van der Waals surface area (Å²) in [6.45, 7) is 10.1. The molecule has 20 heavy (non-hydrogen) atoms. The predicted molar refractivity (Wildman–Crippen MR) is 103 cm³/mol. The molecule has 2 N–H and O–H groups in total. The molecule has 4 nitrogen and oxygen atoms in total. The quantitative estimate of drug-likeness (QED) is 0.248. The van der Waals surface area contributed by atoms with Crippen molar-refractivity contribution in [3.63, 3.8) is 0 Å². The third-order valence-electron chi connectivity index (χ3n) is 2.83. The highest BCUT2D eigenvalue weighted by atomic mass is 127. The van der Waals surface area contributed by atoms with Crippen LogP contribution in [0.2, 0.25) is 0 Å². The van der Waals surface area contributed by atoms with Crippen LogP contribution in [-0.2, 0) is 4.74 Å². The van der Waals surface area contributed by atoms with Crippen molar-refractivity contribution in [2.75, 3.05) is 39.6 Å². The van der Waals surface area contributed by atoms with E-state index in [1.165, 1.54) is 6.42 Å². The number of rotatable bonds is 10. The van der Waals surface area contributed by atoms with Crippen LogP contribution in [-0.4, -0.2) is 50.3 Å². The fourth-order valence-electron chi connectivity index (χ4n) is 1.43. The van der Waals surface area contributed by atoms with Gasteiger partial charge >= 0.3 is 0 Å². The van der Waals surface area contributed by atoms with Crippen molar-refractivity contribution in [2.45, 2.75) is 44.8 Å². The van der Waals surface area contributed by atoms with E-state index < -0.39 is 0 Å². The van der Waals surface area contributed by atoms with Crippen molar-refractivity contribution in [2.24, 2.45) is 4.99 Å². The molecule has 0 aliphatic rings. The summed E-state index contributed by atoms with van der Waals surface area (Å²) in [6, 6.07) is 0. The summed E-state index contributed by atoms with van der Waals surface area (Å²) in [5.41, 5.74) is 0. The summed E-state index contributed by atoms with van der Waals surface area (Å²) < 4.78 is 5.23. The summed E-state index contributed by atoms with van der Waals surface area (Å²) in [6.07, 6.45) is 5.60. The summed E-state index contributed by atoms with van der Waals surface area (Å²) in [7, 11) is 1.75. The number of ether oxygens (including phenoxy) is 1. The Kier molecular flexibility index (Phi) is 16.1. The molecule has 6 heteroatoms. The molecule has 0 radical (unpaired) electrons.